The van der Waals surface area contributed by atoms with E-state index in [0.29, 0.717) is 32.2 Å². The fourth-order valence-electron chi connectivity index (χ4n) is 2.64. The maximum atomic E-state index is 13.0. The van der Waals surface area contributed by atoms with Gasteiger partial charge in [-0.3, -0.25) is 9.78 Å². The van der Waals surface area contributed by atoms with Crippen LogP contribution in [0.4, 0.5) is 5.69 Å². The van der Waals surface area contributed by atoms with E-state index in [1.807, 2.05) is 54.6 Å². The topological polar surface area (TPSA) is 67.8 Å². The first kappa shape index (κ1) is 21.4. The third kappa shape index (κ3) is 6.07. The van der Waals surface area contributed by atoms with Crippen LogP contribution in [0, 0.1) is 0 Å². The van der Waals surface area contributed by atoms with E-state index in [-0.39, 0.29) is 5.91 Å². The van der Waals surface area contributed by atoms with Crippen LogP contribution < -0.4 is 5.32 Å². The second-order valence-corrected chi connectivity index (χ2v) is 8.89. The SMILES string of the molecule is O=C(Nc1cccnc1)c1nc(SCc2ccccc2)ncc1Sc1ccc(Cl)cc1. The van der Waals surface area contributed by atoms with Gasteiger partial charge < -0.3 is 5.32 Å². The molecule has 0 atom stereocenters. The van der Waals surface area contributed by atoms with E-state index in [2.05, 4.69) is 20.3 Å². The molecule has 4 aromatic rings. The molecular formula is C23H17ClN4OS2. The van der Waals surface area contributed by atoms with Crippen molar-refractivity contribution in [3.63, 3.8) is 0 Å². The summed E-state index contributed by atoms with van der Waals surface area (Å²) in [6.07, 6.45) is 4.94. The quantitative estimate of drug-likeness (QED) is 0.258. The van der Waals surface area contributed by atoms with Gasteiger partial charge in [-0.25, -0.2) is 9.97 Å². The van der Waals surface area contributed by atoms with E-state index in [1.54, 1.807) is 30.7 Å². The zero-order chi connectivity index (χ0) is 21.5. The van der Waals surface area contributed by atoms with Gasteiger partial charge in [-0.05, 0) is 42.0 Å². The van der Waals surface area contributed by atoms with E-state index >= 15 is 0 Å². The predicted molar refractivity (Wildman–Crippen MR) is 126 cm³/mol. The fraction of sp³-hybridized carbons (Fsp3) is 0.0435. The van der Waals surface area contributed by atoms with Gasteiger partial charge in [-0.15, -0.1) is 0 Å². The van der Waals surface area contributed by atoms with Gasteiger partial charge in [0.15, 0.2) is 5.16 Å². The minimum atomic E-state index is -0.312. The van der Waals surface area contributed by atoms with Crippen molar-refractivity contribution in [3.8, 4) is 0 Å². The molecule has 5 nitrogen and oxygen atoms in total. The summed E-state index contributed by atoms with van der Waals surface area (Å²) >= 11 is 8.89. The lowest BCUT2D eigenvalue weighted by atomic mass is 10.2. The summed E-state index contributed by atoms with van der Waals surface area (Å²) in [6, 6.07) is 21.0. The molecule has 0 radical (unpaired) electrons. The van der Waals surface area contributed by atoms with Crippen LogP contribution in [-0.2, 0) is 5.75 Å². The molecule has 1 N–H and O–H groups in total. The molecular weight excluding hydrogens is 448 g/mol. The van der Waals surface area contributed by atoms with Gasteiger partial charge in [0, 0.05) is 28.1 Å². The van der Waals surface area contributed by atoms with Crippen LogP contribution in [0.5, 0.6) is 0 Å². The Bertz CT molecular complexity index is 1160. The van der Waals surface area contributed by atoms with Crippen LogP contribution in [0.1, 0.15) is 16.1 Å². The largest absolute Gasteiger partial charge is 0.319 e. The number of carbonyl (C=O) groups excluding carboxylic acids is 1. The van der Waals surface area contributed by atoms with Gasteiger partial charge in [0.25, 0.3) is 5.91 Å². The molecule has 0 spiro atoms. The van der Waals surface area contributed by atoms with Gasteiger partial charge >= 0.3 is 0 Å². The smallest absolute Gasteiger partial charge is 0.275 e. The summed E-state index contributed by atoms with van der Waals surface area (Å²) in [7, 11) is 0. The van der Waals surface area contributed by atoms with Crippen molar-refractivity contribution in [1.29, 1.82) is 0 Å². The Hall–Kier alpha value is -2.87. The summed E-state index contributed by atoms with van der Waals surface area (Å²) in [5, 5.41) is 4.06. The molecule has 0 saturated heterocycles. The Labute approximate surface area is 193 Å². The van der Waals surface area contributed by atoms with Crippen LogP contribution in [0.2, 0.25) is 5.02 Å². The van der Waals surface area contributed by atoms with E-state index in [1.165, 1.54) is 23.5 Å². The molecule has 154 valence electrons. The highest BCUT2D eigenvalue weighted by Crippen LogP contribution is 2.32. The summed E-state index contributed by atoms with van der Waals surface area (Å²) in [6.45, 7) is 0. The lowest BCUT2D eigenvalue weighted by molar-refractivity contribution is 0.101. The van der Waals surface area contributed by atoms with Crippen molar-refractivity contribution >= 4 is 46.7 Å². The Morgan fingerprint density at radius 3 is 2.52 bits per heavy atom. The van der Waals surface area contributed by atoms with E-state index in [0.717, 1.165) is 10.5 Å². The van der Waals surface area contributed by atoms with E-state index < -0.39 is 0 Å². The number of nitrogens with one attached hydrogen (secondary N) is 1. The molecule has 0 unspecified atom stereocenters. The van der Waals surface area contributed by atoms with Crippen molar-refractivity contribution in [3.05, 3.63) is 102 Å². The molecule has 31 heavy (non-hydrogen) atoms. The number of pyridine rings is 1. The second kappa shape index (κ2) is 10.4. The molecule has 0 aliphatic heterocycles. The summed E-state index contributed by atoms with van der Waals surface area (Å²) < 4.78 is 0. The first-order valence-electron chi connectivity index (χ1n) is 9.36. The third-order valence-electron chi connectivity index (χ3n) is 4.12. The molecule has 2 aromatic heterocycles. The van der Waals surface area contributed by atoms with Crippen molar-refractivity contribution < 1.29 is 4.79 Å². The van der Waals surface area contributed by atoms with Crippen LogP contribution in [0.25, 0.3) is 0 Å². The Morgan fingerprint density at radius 2 is 1.77 bits per heavy atom. The number of thioether (sulfide) groups is 1. The van der Waals surface area contributed by atoms with Gasteiger partial charge in [0.2, 0.25) is 0 Å². The van der Waals surface area contributed by atoms with Crippen molar-refractivity contribution in [2.75, 3.05) is 5.32 Å². The molecule has 0 aliphatic rings. The number of carbonyl (C=O) groups is 1. The van der Waals surface area contributed by atoms with Crippen molar-refractivity contribution in [2.24, 2.45) is 0 Å². The number of benzene rings is 2. The average Bonchev–Trinajstić information content (AvgIpc) is 2.81. The highest BCUT2D eigenvalue weighted by atomic mass is 35.5. The molecule has 0 fully saturated rings. The highest BCUT2D eigenvalue weighted by Gasteiger charge is 2.17. The maximum absolute atomic E-state index is 13.0. The standard InChI is InChI=1S/C23H17ClN4OS2/c24-17-8-10-19(11-9-17)31-20-14-26-23(30-15-16-5-2-1-3-6-16)28-21(20)22(29)27-18-7-4-12-25-13-18/h1-14H,15H2,(H,27,29). The van der Waals surface area contributed by atoms with Crippen LogP contribution in [0.3, 0.4) is 0 Å². The number of nitrogens with zero attached hydrogens (tertiary/aromatic N) is 3. The molecule has 4 rings (SSSR count). The number of halogens is 1. The van der Waals surface area contributed by atoms with Crippen molar-refractivity contribution in [1.82, 2.24) is 15.0 Å². The number of hydrogen-bond donors (Lipinski definition) is 1. The number of rotatable bonds is 7. The molecule has 2 aromatic carbocycles. The lowest BCUT2D eigenvalue weighted by Gasteiger charge is -2.10. The Balaban J connectivity index is 1.59. The monoisotopic (exact) mass is 464 g/mol. The highest BCUT2D eigenvalue weighted by molar-refractivity contribution is 7.99. The lowest BCUT2D eigenvalue weighted by Crippen LogP contribution is -2.16. The van der Waals surface area contributed by atoms with Gasteiger partial charge in [-0.2, -0.15) is 0 Å². The molecule has 8 heteroatoms. The van der Waals surface area contributed by atoms with Crippen LogP contribution >= 0.6 is 35.1 Å². The van der Waals surface area contributed by atoms with E-state index in [4.69, 9.17) is 11.6 Å². The van der Waals surface area contributed by atoms with Crippen molar-refractivity contribution in [2.45, 2.75) is 20.7 Å². The number of aromatic nitrogens is 3. The minimum absolute atomic E-state index is 0.312. The van der Waals surface area contributed by atoms with E-state index in [9.17, 15) is 4.79 Å². The second-order valence-electron chi connectivity index (χ2n) is 6.39. The first-order valence-corrected chi connectivity index (χ1v) is 11.5. The third-order valence-corrected chi connectivity index (χ3v) is 6.33. The van der Waals surface area contributed by atoms with Gasteiger partial charge in [0.05, 0.1) is 16.8 Å². The molecule has 0 aliphatic carbocycles. The van der Waals surface area contributed by atoms with Crippen LogP contribution in [0.15, 0.2) is 100 Å². The zero-order valence-electron chi connectivity index (χ0n) is 16.2. The number of amides is 1. The molecule has 0 bridgehead atoms. The summed E-state index contributed by atoms with van der Waals surface area (Å²) in [5.74, 6) is 0.405. The summed E-state index contributed by atoms with van der Waals surface area (Å²) in [4.78, 5) is 27.7. The number of anilines is 1. The molecule has 2 heterocycles. The first-order chi connectivity index (χ1) is 15.2. The fourth-order valence-corrected chi connectivity index (χ4v) is 4.40. The molecule has 0 saturated carbocycles. The van der Waals surface area contributed by atoms with Gasteiger partial charge in [-0.1, -0.05) is 65.5 Å². The van der Waals surface area contributed by atoms with Gasteiger partial charge in [0.1, 0.15) is 5.69 Å². The zero-order valence-corrected chi connectivity index (χ0v) is 18.6. The Kier molecular flexibility index (Phi) is 7.19. The Morgan fingerprint density at radius 1 is 0.968 bits per heavy atom. The minimum Gasteiger partial charge on any atom is -0.319 e. The number of hydrogen-bond acceptors (Lipinski definition) is 6. The summed E-state index contributed by atoms with van der Waals surface area (Å²) in [5.41, 5.74) is 2.08. The maximum Gasteiger partial charge on any atom is 0.275 e. The normalized spacial score (nSPS) is 10.6. The van der Waals surface area contributed by atoms with Crippen LogP contribution in [-0.4, -0.2) is 20.9 Å². The predicted octanol–water partition coefficient (Wildman–Crippen LogP) is 6.22. The molecule has 1 amide bonds. The average molecular weight is 465 g/mol.